The summed E-state index contributed by atoms with van der Waals surface area (Å²) in [7, 11) is -2.12. The molecular formula is C16H18N6O3S. The number of hydrogen-bond acceptors (Lipinski definition) is 5. The standard InChI is InChI=1S/C16H18N6O3S/c1-21-14(6-8-19-21)22-9-3-5-12(16(22)23)20-26(24,25)13-10-18-15-11(13)4-2-7-17-15/h2,4,6-8,10,12,20H,3,5,9H2,1H3,(H,17,18)/t12-/m1/s1. The van der Waals surface area contributed by atoms with Gasteiger partial charge in [-0.05, 0) is 25.0 Å². The molecule has 0 aromatic carbocycles. The molecule has 0 radical (unpaired) electrons. The first-order chi connectivity index (χ1) is 12.5. The molecule has 0 bridgehead atoms. The van der Waals surface area contributed by atoms with Crippen molar-refractivity contribution in [1.29, 1.82) is 0 Å². The van der Waals surface area contributed by atoms with Crippen LogP contribution in [0.2, 0.25) is 0 Å². The van der Waals surface area contributed by atoms with Crippen LogP contribution in [0.3, 0.4) is 0 Å². The number of anilines is 1. The van der Waals surface area contributed by atoms with E-state index in [1.807, 2.05) is 0 Å². The fraction of sp³-hybridized carbons (Fsp3) is 0.312. The molecule has 1 fully saturated rings. The molecule has 3 aromatic rings. The Hall–Kier alpha value is -2.72. The van der Waals surface area contributed by atoms with E-state index in [0.29, 0.717) is 36.2 Å². The van der Waals surface area contributed by atoms with Gasteiger partial charge in [-0.2, -0.15) is 9.82 Å². The summed E-state index contributed by atoms with van der Waals surface area (Å²) in [6, 6.07) is 4.27. The Bertz CT molecular complexity index is 1070. The van der Waals surface area contributed by atoms with Crippen molar-refractivity contribution in [3.63, 3.8) is 0 Å². The molecule has 0 unspecified atom stereocenters. The van der Waals surface area contributed by atoms with Crippen LogP contribution in [0.25, 0.3) is 11.0 Å². The quantitative estimate of drug-likeness (QED) is 0.700. The molecule has 4 heterocycles. The van der Waals surface area contributed by atoms with Crippen molar-refractivity contribution < 1.29 is 13.2 Å². The molecule has 0 saturated carbocycles. The smallest absolute Gasteiger partial charge is 0.246 e. The first-order valence-corrected chi connectivity index (χ1v) is 9.69. The van der Waals surface area contributed by atoms with Crippen molar-refractivity contribution >= 4 is 32.8 Å². The number of fused-ring (bicyclic) bond motifs is 1. The van der Waals surface area contributed by atoms with Gasteiger partial charge in [-0.1, -0.05) is 0 Å². The van der Waals surface area contributed by atoms with Gasteiger partial charge in [0.25, 0.3) is 0 Å². The Balaban J connectivity index is 1.61. The summed E-state index contributed by atoms with van der Waals surface area (Å²) in [4.78, 5) is 21.4. The van der Waals surface area contributed by atoms with Crippen molar-refractivity contribution in [2.24, 2.45) is 7.05 Å². The van der Waals surface area contributed by atoms with Crippen LogP contribution in [0.5, 0.6) is 0 Å². The minimum Gasteiger partial charge on any atom is -0.345 e. The predicted molar refractivity (Wildman–Crippen MR) is 95.0 cm³/mol. The second-order valence-electron chi connectivity index (χ2n) is 6.17. The molecule has 1 aliphatic rings. The molecule has 26 heavy (non-hydrogen) atoms. The van der Waals surface area contributed by atoms with Crippen molar-refractivity contribution in [2.45, 2.75) is 23.8 Å². The number of pyridine rings is 1. The molecule has 1 amide bonds. The molecule has 10 heteroatoms. The van der Waals surface area contributed by atoms with Crippen molar-refractivity contribution in [3.05, 3.63) is 36.8 Å². The molecule has 0 aliphatic carbocycles. The van der Waals surface area contributed by atoms with Crippen LogP contribution in [0.15, 0.2) is 41.7 Å². The maximum atomic E-state index is 12.8. The minimum absolute atomic E-state index is 0.0889. The van der Waals surface area contributed by atoms with E-state index >= 15 is 0 Å². The van der Waals surface area contributed by atoms with E-state index in [1.165, 1.54) is 6.20 Å². The molecule has 1 aliphatic heterocycles. The lowest BCUT2D eigenvalue weighted by atomic mass is 10.1. The summed E-state index contributed by atoms with van der Waals surface area (Å²) in [5.74, 6) is 0.372. The van der Waals surface area contributed by atoms with Crippen LogP contribution in [0.1, 0.15) is 12.8 Å². The summed E-state index contributed by atoms with van der Waals surface area (Å²) >= 11 is 0. The number of aromatic amines is 1. The highest BCUT2D eigenvalue weighted by Crippen LogP contribution is 2.24. The lowest BCUT2D eigenvalue weighted by Gasteiger charge is -2.32. The Morgan fingerprint density at radius 3 is 2.92 bits per heavy atom. The van der Waals surface area contributed by atoms with E-state index in [-0.39, 0.29) is 10.8 Å². The number of nitrogens with one attached hydrogen (secondary N) is 2. The van der Waals surface area contributed by atoms with Gasteiger partial charge in [-0.3, -0.25) is 14.4 Å². The van der Waals surface area contributed by atoms with E-state index in [1.54, 1.807) is 47.2 Å². The number of aryl methyl sites for hydroxylation is 1. The third kappa shape index (κ3) is 2.76. The summed E-state index contributed by atoms with van der Waals surface area (Å²) in [6.45, 7) is 0.535. The summed E-state index contributed by atoms with van der Waals surface area (Å²) < 4.78 is 29.8. The van der Waals surface area contributed by atoms with Crippen LogP contribution < -0.4 is 9.62 Å². The number of aromatic nitrogens is 4. The van der Waals surface area contributed by atoms with Gasteiger partial charge < -0.3 is 4.98 Å². The van der Waals surface area contributed by atoms with Gasteiger partial charge in [0.1, 0.15) is 22.4 Å². The average molecular weight is 374 g/mol. The molecule has 1 atom stereocenters. The van der Waals surface area contributed by atoms with Crippen LogP contribution in [0, 0.1) is 0 Å². The number of H-pyrrole nitrogens is 1. The monoisotopic (exact) mass is 374 g/mol. The zero-order chi connectivity index (χ0) is 18.3. The average Bonchev–Trinajstić information content (AvgIpc) is 3.23. The second kappa shape index (κ2) is 6.22. The lowest BCUT2D eigenvalue weighted by molar-refractivity contribution is -0.121. The van der Waals surface area contributed by atoms with Crippen LogP contribution in [0.4, 0.5) is 5.82 Å². The number of hydrogen-bond donors (Lipinski definition) is 2. The number of carbonyl (C=O) groups excluding carboxylic acids is 1. The Labute approximate surface area is 150 Å². The first kappa shape index (κ1) is 16.7. The summed E-state index contributed by atoms with van der Waals surface area (Å²) in [5, 5.41) is 4.57. The summed E-state index contributed by atoms with van der Waals surface area (Å²) in [6.07, 6.45) is 5.73. The topological polar surface area (TPSA) is 113 Å². The third-order valence-electron chi connectivity index (χ3n) is 4.51. The van der Waals surface area contributed by atoms with Crippen molar-refractivity contribution in [1.82, 2.24) is 24.5 Å². The third-order valence-corrected chi connectivity index (χ3v) is 6.02. The minimum atomic E-state index is -3.87. The van der Waals surface area contributed by atoms with Crippen LogP contribution >= 0.6 is 0 Å². The van der Waals surface area contributed by atoms with Gasteiger partial charge >= 0.3 is 0 Å². The fourth-order valence-electron chi connectivity index (χ4n) is 3.25. The van der Waals surface area contributed by atoms with Gasteiger partial charge in [0.2, 0.25) is 15.9 Å². The Morgan fingerprint density at radius 2 is 2.15 bits per heavy atom. The molecule has 136 valence electrons. The zero-order valence-corrected chi connectivity index (χ0v) is 14.9. The fourth-order valence-corrected chi connectivity index (χ4v) is 4.64. The molecule has 2 N–H and O–H groups in total. The number of piperidine rings is 1. The number of amides is 1. The van der Waals surface area contributed by atoms with E-state index in [9.17, 15) is 13.2 Å². The maximum Gasteiger partial charge on any atom is 0.246 e. The van der Waals surface area contributed by atoms with Crippen LogP contribution in [-0.4, -0.2) is 46.7 Å². The normalized spacial score (nSPS) is 18.6. The van der Waals surface area contributed by atoms with E-state index in [0.717, 1.165) is 0 Å². The highest BCUT2D eigenvalue weighted by Gasteiger charge is 2.34. The number of nitrogens with zero attached hydrogens (tertiary/aromatic N) is 4. The first-order valence-electron chi connectivity index (χ1n) is 8.21. The van der Waals surface area contributed by atoms with Gasteiger partial charge in [0.15, 0.2) is 0 Å². The SMILES string of the molecule is Cn1nccc1N1CCC[C@@H](NS(=O)(=O)c2c[nH]c3ncccc23)C1=O. The van der Waals surface area contributed by atoms with Gasteiger partial charge in [-0.25, -0.2) is 13.4 Å². The van der Waals surface area contributed by atoms with E-state index < -0.39 is 16.1 Å². The lowest BCUT2D eigenvalue weighted by Crippen LogP contribution is -2.52. The highest BCUT2D eigenvalue weighted by molar-refractivity contribution is 7.89. The van der Waals surface area contributed by atoms with Gasteiger partial charge in [0, 0.05) is 37.4 Å². The number of rotatable bonds is 4. The second-order valence-corrected chi connectivity index (χ2v) is 7.85. The predicted octanol–water partition coefficient (Wildman–Crippen LogP) is 0.770. The molecule has 3 aromatic heterocycles. The molecular weight excluding hydrogens is 356 g/mol. The van der Waals surface area contributed by atoms with Crippen LogP contribution in [-0.2, 0) is 21.9 Å². The van der Waals surface area contributed by atoms with Crippen molar-refractivity contribution in [2.75, 3.05) is 11.4 Å². The van der Waals surface area contributed by atoms with Gasteiger partial charge in [0.05, 0.1) is 6.20 Å². The molecule has 1 saturated heterocycles. The number of carbonyl (C=O) groups is 1. The Kier molecular flexibility index (Phi) is 4.00. The van der Waals surface area contributed by atoms with Gasteiger partial charge in [-0.15, -0.1) is 0 Å². The van der Waals surface area contributed by atoms with Crippen molar-refractivity contribution in [3.8, 4) is 0 Å². The largest absolute Gasteiger partial charge is 0.345 e. The van der Waals surface area contributed by atoms with E-state index in [2.05, 4.69) is 19.8 Å². The molecule has 9 nitrogen and oxygen atoms in total. The number of sulfonamides is 1. The highest BCUT2D eigenvalue weighted by atomic mass is 32.2. The zero-order valence-electron chi connectivity index (χ0n) is 14.1. The van der Waals surface area contributed by atoms with E-state index in [4.69, 9.17) is 0 Å². The molecule has 4 rings (SSSR count). The molecule has 0 spiro atoms. The summed E-state index contributed by atoms with van der Waals surface area (Å²) in [5.41, 5.74) is 0.486. The maximum absolute atomic E-state index is 12.8. The Morgan fingerprint density at radius 1 is 1.31 bits per heavy atom.